The Kier molecular flexibility index (Phi) is 5.23. The number of nitrogens with zero attached hydrogens (tertiary/aromatic N) is 1. The van der Waals surface area contributed by atoms with E-state index < -0.39 is 0 Å². The lowest BCUT2D eigenvalue weighted by molar-refractivity contribution is -0.116. The molecule has 0 saturated heterocycles. The Morgan fingerprint density at radius 3 is 2.95 bits per heavy atom. The van der Waals surface area contributed by atoms with E-state index in [-0.39, 0.29) is 18.9 Å². The molecule has 1 N–H and O–H groups in total. The molecule has 0 aliphatic rings. The molecule has 2 aromatic rings. The first-order valence-corrected chi connectivity index (χ1v) is 7.42. The second-order valence-corrected chi connectivity index (χ2v) is 5.99. The Balaban J connectivity index is 1.81. The molecule has 0 atom stereocenters. The highest BCUT2D eigenvalue weighted by molar-refractivity contribution is 7.15. The van der Waals surface area contributed by atoms with Gasteiger partial charge in [0, 0.05) is 11.1 Å². The van der Waals surface area contributed by atoms with Crippen LogP contribution in [0.4, 0.5) is 5.13 Å². The molecule has 0 aliphatic carbocycles. The number of hydrogen-bond acceptors (Lipinski definition) is 4. The van der Waals surface area contributed by atoms with Crippen molar-refractivity contribution in [1.29, 1.82) is 0 Å². The molecule has 0 unspecified atom stereocenters. The molecule has 0 saturated carbocycles. The summed E-state index contributed by atoms with van der Waals surface area (Å²) in [7, 11) is 0. The fraction of sp³-hybridized carbons (Fsp3) is 0.231. The van der Waals surface area contributed by atoms with E-state index in [4.69, 9.17) is 27.9 Å². The molecule has 1 amide bonds. The average Bonchev–Trinajstić information content (AvgIpc) is 2.80. The van der Waals surface area contributed by atoms with Crippen molar-refractivity contribution >= 4 is 45.6 Å². The van der Waals surface area contributed by atoms with Crippen LogP contribution in [0.3, 0.4) is 0 Å². The molecular weight excluding hydrogens is 319 g/mol. The van der Waals surface area contributed by atoms with Crippen molar-refractivity contribution in [3.8, 4) is 5.75 Å². The lowest BCUT2D eigenvalue weighted by atomic mass is 10.3. The highest BCUT2D eigenvalue weighted by atomic mass is 35.5. The zero-order chi connectivity index (χ0) is 14.5. The van der Waals surface area contributed by atoms with Gasteiger partial charge >= 0.3 is 0 Å². The van der Waals surface area contributed by atoms with E-state index in [0.29, 0.717) is 20.9 Å². The Morgan fingerprint density at radius 1 is 1.45 bits per heavy atom. The van der Waals surface area contributed by atoms with Gasteiger partial charge in [-0.2, -0.15) is 0 Å². The monoisotopic (exact) mass is 330 g/mol. The number of aromatic nitrogens is 1. The Bertz CT molecular complexity index is 616. The van der Waals surface area contributed by atoms with Crippen LogP contribution in [0.25, 0.3) is 0 Å². The summed E-state index contributed by atoms with van der Waals surface area (Å²) in [5.74, 6) is 0.314. The number of hydrogen-bond donors (Lipinski definition) is 1. The van der Waals surface area contributed by atoms with Crippen molar-refractivity contribution in [2.75, 3.05) is 11.9 Å². The minimum atomic E-state index is -0.155. The summed E-state index contributed by atoms with van der Waals surface area (Å²) in [4.78, 5) is 16.8. The lowest BCUT2D eigenvalue weighted by Crippen LogP contribution is -2.15. The van der Waals surface area contributed by atoms with E-state index in [1.54, 1.807) is 24.4 Å². The summed E-state index contributed by atoms with van der Waals surface area (Å²) in [6.45, 7) is 2.15. The fourth-order valence-corrected chi connectivity index (χ4v) is 2.47. The van der Waals surface area contributed by atoms with Crippen LogP contribution < -0.4 is 10.1 Å². The van der Waals surface area contributed by atoms with Crippen molar-refractivity contribution < 1.29 is 9.53 Å². The summed E-state index contributed by atoms with van der Waals surface area (Å²) in [6, 6.07) is 5.12. The first kappa shape index (κ1) is 15.1. The molecule has 20 heavy (non-hydrogen) atoms. The Morgan fingerprint density at radius 2 is 2.25 bits per heavy atom. The summed E-state index contributed by atoms with van der Waals surface area (Å²) < 4.78 is 5.44. The number of rotatable bonds is 5. The van der Waals surface area contributed by atoms with Gasteiger partial charge in [0.2, 0.25) is 5.91 Å². The second-order valence-electron chi connectivity index (χ2n) is 3.97. The number of carbonyl (C=O) groups excluding carboxylic acids is 1. The molecule has 0 spiro atoms. The smallest absolute Gasteiger partial charge is 0.229 e. The van der Waals surface area contributed by atoms with Crippen molar-refractivity contribution in [2.45, 2.75) is 13.3 Å². The third-order valence-electron chi connectivity index (χ3n) is 2.37. The average molecular weight is 331 g/mol. The highest BCUT2D eigenvalue weighted by Gasteiger charge is 2.08. The third-order valence-corrected chi connectivity index (χ3v) is 4.00. The molecule has 1 heterocycles. The predicted molar refractivity (Wildman–Crippen MR) is 82.1 cm³/mol. The fourth-order valence-electron chi connectivity index (χ4n) is 1.44. The Labute approximate surface area is 130 Å². The van der Waals surface area contributed by atoms with Gasteiger partial charge in [0.05, 0.1) is 18.1 Å². The van der Waals surface area contributed by atoms with Crippen molar-refractivity contribution in [3.05, 3.63) is 39.3 Å². The van der Waals surface area contributed by atoms with Crippen LogP contribution >= 0.6 is 34.5 Å². The maximum atomic E-state index is 11.7. The number of nitrogens with one attached hydrogen (secondary N) is 1. The molecule has 1 aromatic heterocycles. The maximum absolute atomic E-state index is 11.7. The van der Waals surface area contributed by atoms with Crippen LogP contribution in [0.15, 0.2) is 24.4 Å². The number of aryl methyl sites for hydroxylation is 1. The van der Waals surface area contributed by atoms with E-state index in [1.165, 1.54) is 11.3 Å². The van der Waals surface area contributed by atoms with E-state index >= 15 is 0 Å². The van der Waals surface area contributed by atoms with Crippen LogP contribution in [-0.4, -0.2) is 17.5 Å². The molecule has 0 radical (unpaired) electrons. The topological polar surface area (TPSA) is 51.2 Å². The molecule has 1 aromatic carbocycles. The molecule has 0 aliphatic heterocycles. The van der Waals surface area contributed by atoms with Crippen molar-refractivity contribution in [2.24, 2.45) is 0 Å². The first-order valence-electron chi connectivity index (χ1n) is 5.85. The number of thiazole rings is 1. The largest absolute Gasteiger partial charge is 0.491 e. The number of amides is 1. The molecule has 7 heteroatoms. The molecule has 2 rings (SSSR count). The van der Waals surface area contributed by atoms with Gasteiger partial charge < -0.3 is 10.1 Å². The molecule has 0 fully saturated rings. The van der Waals surface area contributed by atoms with Gasteiger partial charge in [0.25, 0.3) is 0 Å². The van der Waals surface area contributed by atoms with Crippen LogP contribution in [0.5, 0.6) is 5.75 Å². The van der Waals surface area contributed by atoms with Crippen molar-refractivity contribution in [1.82, 2.24) is 4.98 Å². The standard InChI is InChI=1S/C13H12Cl2N2O2S/c1-8-7-16-13(20-8)17-11(18)5-6-19-10-4-2-3-9(14)12(10)15/h2-4,7H,5-6H2,1H3,(H,16,17,18). The van der Waals surface area contributed by atoms with Gasteiger partial charge in [0.15, 0.2) is 5.13 Å². The van der Waals surface area contributed by atoms with Gasteiger partial charge in [-0.15, -0.1) is 11.3 Å². The maximum Gasteiger partial charge on any atom is 0.229 e. The second kappa shape index (κ2) is 6.92. The van der Waals surface area contributed by atoms with Crippen LogP contribution in [0.1, 0.15) is 11.3 Å². The number of ether oxygens (including phenoxy) is 1. The highest BCUT2D eigenvalue weighted by Crippen LogP contribution is 2.31. The third kappa shape index (κ3) is 4.10. The molecular formula is C13H12Cl2N2O2S. The molecule has 0 bridgehead atoms. The van der Waals surface area contributed by atoms with Crippen LogP contribution in [-0.2, 0) is 4.79 Å². The summed E-state index contributed by atoms with van der Waals surface area (Å²) in [6.07, 6.45) is 1.92. The van der Waals surface area contributed by atoms with Gasteiger partial charge in [-0.05, 0) is 19.1 Å². The quantitative estimate of drug-likeness (QED) is 0.895. The van der Waals surface area contributed by atoms with Crippen LogP contribution in [0.2, 0.25) is 10.0 Å². The zero-order valence-electron chi connectivity index (χ0n) is 10.7. The molecule has 4 nitrogen and oxygen atoms in total. The minimum Gasteiger partial charge on any atom is -0.491 e. The zero-order valence-corrected chi connectivity index (χ0v) is 13.0. The van der Waals surface area contributed by atoms with E-state index in [0.717, 1.165) is 4.88 Å². The number of benzene rings is 1. The van der Waals surface area contributed by atoms with Gasteiger partial charge in [0.1, 0.15) is 10.8 Å². The van der Waals surface area contributed by atoms with Gasteiger partial charge in [-0.3, -0.25) is 4.79 Å². The van der Waals surface area contributed by atoms with E-state index in [9.17, 15) is 4.79 Å². The van der Waals surface area contributed by atoms with E-state index in [1.807, 2.05) is 6.92 Å². The summed E-state index contributed by atoms with van der Waals surface area (Å²) in [5, 5.41) is 4.07. The van der Waals surface area contributed by atoms with Gasteiger partial charge in [-0.25, -0.2) is 4.98 Å². The van der Waals surface area contributed by atoms with E-state index in [2.05, 4.69) is 10.3 Å². The predicted octanol–water partition coefficient (Wildman–Crippen LogP) is 4.17. The minimum absolute atomic E-state index is 0.155. The SMILES string of the molecule is Cc1cnc(NC(=O)CCOc2cccc(Cl)c2Cl)s1. The summed E-state index contributed by atoms with van der Waals surface area (Å²) >= 11 is 13.3. The Hall–Kier alpha value is -1.30. The number of halogens is 2. The number of anilines is 1. The van der Waals surface area contributed by atoms with Crippen molar-refractivity contribution in [3.63, 3.8) is 0 Å². The lowest BCUT2D eigenvalue weighted by Gasteiger charge is -2.08. The first-order chi connectivity index (χ1) is 9.56. The summed E-state index contributed by atoms with van der Waals surface area (Å²) in [5.41, 5.74) is 0. The molecule has 106 valence electrons. The van der Waals surface area contributed by atoms with Gasteiger partial charge in [-0.1, -0.05) is 29.3 Å². The normalized spacial score (nSPS) is 10.3. The van der Waals surface area contributed by atoms with Crippen LogP contribution in [0, 0.1) is 6.92 Å². The number of carbonyl (C=O) groups is 1.